The molecule has 0 fully saturated rings. The van der Waals surface area contributed by atoms with Crippen LogP contribution in [0.1, 0.15) is 27.6 Å². The lowest BCUT2D eigenvalue weighted by atomic mass is 10.2. The molecule has 0 saturated carbocycles. The van der Waals surface area contributed by atoms with Crippen LogP contribution in [0.5, 0.6) is 0 Å². The van der Waals surface area contributed by atoms with E-state index in [9.17, 15) is 22.4 Å². The lowest BCUT2D eigenvalue weighted by Gasteiger charge is -2.05. The third-order valence-corrected chi connectivity index (χ3v) is 3.57. The van der Waals surface area contributed by atoms with Crippen molar-refractivity contribution in [3.63, 3.8) is 0 Å². The average molecular weight is 368 g/mol. The molecule has 7 nitrogen and oxygen atoms in total. The molecular formula is C15H12F4N6O. The Kier molecular flexibility index (Phi) is 4.22. The monoisotopic (exact) mass is 368 g/mol. The zero-order valence-electron chi connectivity index (χ0n) is 13.5. The molecule has 11 heteroatoms. The lowest BCUT2D eigenvalue weighted by Crippen LogP contribution is -2.15. The second-order valence-electron chi connectivity index (χ2n) is 5.39. The minimum absolute atomic E-state index is 0.160. The average Bonchev–Trinajstić information content (AvgIpc) is 3.12. The number of anilines is 1. The Balaban J connectivity index is 1.88. The Bertz CT molecular complexity index is 958. The van der Waals surface area contributed by atoms with Crippen molar-refractivity contribution in [2.24, 2.45) is 0 Å². The zero-order valence-corrected chi connectivity index (χ0v) is 13.5. The Morgan fingerprint density at radius 1 is 1.19 bits per heavy atom. The van der Waals surface area contributed by atoms with Crippen molar-refractivity contribution in [3.05, 3.63) is 52.9 Å². The van der Waals surface area contributed by atoms with Gasteiger partial charge in [0.05, 0.1) is 22.6 Å². The van der Waals surface area contributed by atoms with Gasteiger partial charge < -0.3 is 0 Å². The highest BCUT2D eigenvalue weighted by molar-refractivity contribution is 6.05. The van der Waals surface area contributed by atoms with E-state index in [2.05, 4.69) is 20.5 Å². The number of nitrogens with one attached hydrogen (secondary N) is 2. The maximum Gasteiger partial charge on any atom is 0.451 e. The fourth-order valence-electron chi connectivity index (χ4n) is 2.41. The summed E-state index contributed by atoms with van der Waals surface area (Å²) in [6, 6.07) is 5.47. The van der Waals surface area contributed by atoms with Crippen LogP contribution in [0.15, 0.2) is 24.3 Å². The Morgan fingerprint density at radius 3 is 2.42 bits per heavy atom. The number of nitrogens with zero attached hydrogens (tertiary/aromatic N) is 4. The Morgan fingerprint density at radius 2 is 1.85 bits per heavy atom. The quantitative estimate of drug-likeness (QED) is 0.696. The van der Waals surface area contributed by atoms with E-state index in [1.165, 1.54) is 28.9 Å². The fraction of sp³-hybridized carbons (Fsp3) is 0.200. The molecule has 0 unspecified atom stereocenters. The van der Waals surface area contributed by atoms with E-state index in [1.807, 2.05) is 0 Å². The van der Waals surface area contributed by atoms with Crippen molar-refractivity contribution in [1.82, 2.24) is 25.0 Å². The summed E-state index contributed by atoms with van der Waals surface area (Å²) in [5.74, 6) is -2.95. The molecule has 1 amide bonds. The number of carbonyl (C=O) groups excluding carboxylic acids is 1. The summed E-state index contributed by atoms with van der Waals surface area (Å²) in [5.41, 5.74) is 1.46. The van der Waals surface area contributed by atoms with Crippen LogP contribution >= 0.6 is 0 Å². The van der Waals surface area contributed by atoms with Gasteiger partial charge in [-0.3, -0.25) is 15.2 Å². The summed E-state index contributed by atoms with van der Waals surface area (Å²) in [7, 11) is 0. The normalized spacial score (nSPS) is 11.6. The SMILES string of the molecule is Cc1nn(-c2ccc(F)cc2)c(C)c1C(=O)Nc1n[nH]c(C(F)(F)F)n1. The number of aromatic amines is 1. The highest BCUT2D eigenvalue weighted by atomic mass is 19.4. The minimum Gasteiger partial charge on any atom is -0.289 e. The van der Waals surface area contributed by atoms with E-state index < -0.39 is 29.7 Å². The van der Waals surface area contributed by atoms with Gasteiger partial charge in [0.1, 0.15) is 5.82 Å². The number of benzene rings is 1. The number of halogens is 4. The number of aryl methyl sites for hydroxylation is 1. The number of aromatic nitrogens is 5. The molecule has 3 aromatic rings. The van der Waals surface area contributed by atoms with Gasteiger partial charge in [0.15, 0.2) is 0 Å². The van der Waals surface area contributed by atoms with Crippen LogP contribution in [-0.4, -0.2) is 30.9 Å². The fourth-order valence-corrected chi connectivity index (χ4v) is 2.41. The molecule has 2 N–H and O–H groups in total. The topological polar surface area (TPSA) is 88.5 Å². The van der Waals surface area contributed by atoms with Gasteiger partial charge in [-0.15, -0.1) is 5.10 Å². The van der Waals surface area contributed by atoms with Crippen LogP contribution in [0.25, 0.3) is 5.69 Å². The first-order valence-electron chi connectivity index (χ1n) is 7.30. The van der Waals surface area contributed by atoms with Gasteiger partial charge >= 0.3 is 6.18 Å². The molecule has 0 spiro atoms. The molecule has 0 saturated heterocycles. The molecule has 0 bridgehead atoms. The smallest absolute Gasteiger partial charge is 0.289 e. The standard InChI is InChI=1S/C15H12F4N6O/c1-7-11(8(2)25(24-7)10-5-3-9(16)4-6-10)12(26)20-14-21-13(22-23-14)15(17,18)19/h3-6H,1-2H3,(H2,20,21,22,23,26). The summed E-state index contributed by atoms with van der Waals surface area (Å²) in [5, 5.41) is 11.5. The minimum atomic E-state index is -4.70. The van der Waals surface area contributed by atoms with Crippen LogP contribution in [-0.2, 0) is 6.18 Å². The van der Waals surface area contributed by atoms with Gasteiger partial charge in [-0.1, -0.05) is 0 Å². The molecule has 136 valence electrons. The summed E-state index contributed by atoms with van der Waals surface area (Å²) < 4.78 is 52.1. The first-order valence-corrected chi connectivity index (χ1v) is 7.30. The number of hydrogen-bond donors (Lipinski definition) is 2. The van der Waals surface area contributed by atoms with Crippen LogP contribution in [0.2, 0.25) is 0 Å². The second kappa shape index (κ2) is 6.24. The molecule has 0 aliphatic carbocycles. The summed E-state index contributed by atoms with van der Waals surface area (Å²) >= 11 is 0. The van der Waals surface area contributed by atoms with E-state index in [0.717, 1.165) is 0 Å². The predicted molar refractivity (Wildman–Crippen MR) is 82.3 cm³/mol. The molecule has 1 aromatic carbocycles. The highest BCUT2D eigenvalue weighted by Gasteiger charge is 2.35. The number of hydrogen-bond acceptors (Lipinski definition) is 4. The van der Waals surface area contributed by atoms with Crippen LogP contribution in [0, 0.1) is 19.7 Å². The maximum absolute atomic E-state index is 13.1. The van der Waals surface area contributed by atoms with Gasteiger partial charge in [-0.25, -0.2) is 9.07 Å². The van der Waals surface area contributed by atoms with Gasteiger partial charge in [0.25, 0.3) is 5.91 Å². The third kappa shape index (κ3) is 3.27. The van der Waals surface area contributed by atoms with E-state index >= 15 is 0 Å². The van der Waals surface area contributed by atoms with E-state index in [-0.39, 0.29) is 5.56 Å². The van der Waals surface area contributed by atoms with Crippen LogP contribution < -0.4 is 5.32 Å². The van der Waals surface area contributed by atoms with E-state index in [0.29, 0.717) is 17.1 Å². The molecular weight excluding hydrogens is 356 g/mol. The zero-order chi connectivity index (χ0) is 19.1. The first kappa shape index (κ1) is 17.6. The summed E-state index contributed by atoms with van der Waals surface area (Å²) in [6.45, 7) is 3.18. The Hall–Kier alpha value is -3.24. The van der Waals surface area contributed by atoms with Gasteiger partial charge in [-0.2, -0.15) is 23.3 Å². The Labute approximate surface area is 144 Å². The van der Waals surface area contributed by atoms with E-state index in [4.69, 9.17) is 0 Å². The molecule has 2 aromatic heterocycles. The number of alkyl halides is 3. The van der Waals surface area contributed by atoms with E-state index in [1.54, 1.807) is 18.9 Å². The molecule has 0 atom stereocenters. The largest absolute Gasteiger partial charge is 0.451 e. The molecule has 0 radical (unpaired) electrons. The van der Waals surface area contributed by atoms with Crippen molar-refractivity contribution < 1.29 is 22.4 Å². The van der Waals surface area contributed by atoms with Crippen molar-refractivity contribution in [1.29, 1.82) is 0 Å². The van der Waals surface area contributed by atoms with Crippen LogP contribution in [0.3, 0.4) is 0 Å². The predicted octanol–water partition coefficient (Wildman–Crippen LogP) is 3.02. The van der Waals surface area contributed by atoms with Gasteiger partial charge in [0, 0.05) is 0 Å². The number of H-pyrrole nitrogens is 1. The van der Waals surface area contributed by atoms with Crippen molar-refractivity contribution >= 4 is 11.9 Å². The molecule has 26 heavy (non-hydrogen) atoms. The molecule has 0 aliphatic heterocycles. The summed E-state index contributed by atoms with van der Waals surface area (Å²) in [6.07, 6.45) is -4.70. The number of amides is 1. The van der Waals surface area contributed by atoms with Crippen molar-refractivity contribution in [2.45, 2.75) is 20.0 Å². The van der Waals surface area contributed by atoms with Gasteiger partial charge in [0.2, 0.25) is 11.8 Å². The number of rotatable bonds is 3. The van der Waals surface area contributed by atoms with Crippen molar-refractivity contribution in [3.8, 4) is 5.69 Å². The highest BCUT2D eigenvalue weighted by Crippen LogP contribution is 2.26. The molecule has 2 heterocycles. The third-order valence-electron chi connectivity index (χ3n) is 3.57. The van der Waals surface area contributed by atoms with Gasteiger partial charge in [-0.05, 0) is 38.1 Å². The number of carbonyl (C=O) groups is 1. The van der Waals surface area contributed by atoms with Crippen LogP contribution in [0.4, 0.5) is 23.5 Å². The lowest BCUT2D eigenvalue weighted by molar-refractivity contribution is -0.144. The maximum atomic E-state index is 13.1. The first-order chi connectivity index (χ1) is 12.2. The van der Waals surface area contributed by atoms with Crippen molar-refractivity contribution in [2.75, 3.05) is 5.32 Å². The summed E-state index contributed by atoms with van der Waals surface area (Å²) in [4.78, 5) is 15.6. The second-order valence-corrected chi connectivity index (χ2v) is 5.39. The molecule has 3 rings (SSSR count). The molecule has 0 aliphatic rings.